The molecule has 0 spiro atoms. The molecule has 112 valence electrons. The molecule has 1 aliphatic rings. The topological polar surface area (TPSA) is 42.2 Å². The minimum absolute atomic E-state index is 0.267. The van der Waals surface area contributed by atoms with Gasteiger partial charge in [-0.05, 0) is 35.9 Å². The lowest BCUT2D eigenvalue weighted by Crippen LogP contribution is -2.35. The van der Waals surface area contributed by atoms with Crippen LogP contribution in [0, 0.1) is 6.92 Å². The number of benzene rings is 1. The predicted octanol–water partition coefficient (Wildman–Crippen LogP) is 3.59. The second kappa shape index (κ2) is 5.66. The Hall–Kier alpha value is -1.98. The highest BCUT2D eigenvalue weighted by atomic mass is 32.1. The van der Waals surface area contributed by atoms with E-state index in [1.165, 1.54) is 16.0 Å². The van der Waals surface area contributed by atoms with Gasteiger partial charge in [-0.15, -0.1) is 11.3 Å². The number of aromatic nitrogens is 2. The van der Waals surface area contributed by atoms with Crippen molar-refractivity contribution in [3.63, 3.8) is 0 Å². The van der Waals surface area contributed by atoms with Gasteiger partial charge in [0, 0.05) is 11.4 Å². The molecule has 1 aromatic carbocycles. The molecule has 1 atom stereocenters. The third-order valence-electron chi connectivity index (χ3n) is 4.09. The first-order chi connectivity index (χ1) is 10.8. The molecule has 3 aromatic rings. The summed E-state index contributed by atoms with van der Waals surface area (Å²) < 4.78 is 5.32. The molecule has 5 heteroatoms. The van der Waals surface area contributed by atoms with Crippen LogP contribution in [-0.2, 0) is 13.0 Å². The summed E-state index contributed by atoms with van der Waals surface area (Å²) in [7, 11) is 0. The van der Waals surface area contributed by atoms with Gasteiger partial charge >= 0.3 is 0 Å². The zero-order valence-corrected chi connectivity index (χ0v) is 13.2. The molecule has 0 saturated carbocycles. The van der Waals surface area contributed by atoms with Crippen molar-refractivity contribution < 1.29 is 4.52 Å². The highest BCUT2D eigenvalue weighted by Gasteiger charge is 2.30. The molecule has 0 bridgehead atoms. The SMILES string of the molecule is Cc1noc(CN2CCc3sccc3C2c2ccccc2)n1. The number of thiophene rings is 1. The zero-order chi connectivity index (χ0) is 14.9. The molecule has 0 aliphatic carbocycles. The highest BCUT2D eigenvalue weighted by molar-refractivity contribution is 7.10. The average Bonchev–Trinajstić information content (AvgIpc) is 3.17. The molecule has 4 nitrogen and oxygen atoms in total. The van der Waals surface area contributed by atoms with Gasteiger partial charge < -0.3 is 4.52 Å². The van der Waals surface area contributed by atoms with Gasteiger partial charge in [-0.1, -0.05) is 35.5 Å². The molecular formula is C17H17N3OS. The maximum absolute atomic E-state index is 5.32. The van der Waals surface area contributed by atoms with Crippen LogP contribution in [0.2, 0.25) is 0 Å². The van der Waals surface area contributed by atoms with Crippen molar-refractivity contribution in [3.8, 4) is 0 Å². The van der Waals surface area contributed by atoms with Crippen molar-refractivity contribution in [3.05, 3.63) is 69.5 Å². The van der Waals surface area contributed by atoms with Gasteiger partial charge in [-0.2, -0.15) is 4.98 Å². The number of aryl methyl sites for hydroxylation is 1. The van der Waals surface area contributed by atoms with Crippen LogP contribution in [0.3, 0.4) is 0 Å². The van der Waals surface area contributed by atoms with E-state index in [0.29, 0.717) is 18.3 Å². The van der Waals surface area contributed by atoms with Crippen molar-refractivity contribution in [2.75, 3.05) is 6.54 Å². The second-order valence-corrected chi connectivity index (χ2v) is 6.57. The first kappa shape index (κ1) is 13.7. The van der Waals surface area contributed by atoms with E-state index in [1.54, 1.807) is 0 Å². The minimum atomic E-state index is 0.267. The molecule has 0 saturated heterocycles. The van der Waals surface area contributed by atoms with Gasteiger partial charge in [0.25, 0.3) is 0 Å². The fraction of sp³-hybridized carbons (Fsp3) is 0.294. The van der Waals surface area contributed by atoms with E-state index >= 15 is 0 Å². The van der Waals surface area contributed by atoms with Crippen LogP contribution in [0.15, 0.2) is 46.3 Å². The molecule has 0 radical (unpaired) electrons. The summed E-state index contributed by atoms with van der Waals surface area (Å²) in [4.78, 5) is 8.28. The van der Waals surface area contributed by atoms with E-state index in [4.69, 9.17) is 4.52 Å². The number of hydrogen-bond donors (Lipinski definition) is 0. The molecule has 1 unspecified atom stereocenters. The van der Waals surface area contributed by atoms with Crippen LogP contribution in [0.4, 0.5) is 0 Å². The third kappa shape index (κ3) is 2.46. The van der Waals surface area contributed by atoms with Crippen LogP contribution >= 0.6 is 11.3 Å². The number of fused-ring (bicyclic) bond motifs is 1. The van der Waals surface area contributed by atoms with Crippen LogP contribution in [0.5, 0.6) is 0 Å². The molecule has 4 rings (SSSR count). The Morgan fingerprint density at radius 2 is 2.14 bits per heavy atom. The van der Waals surface area contributed by atoms with Crippen LogP contribution in [0.25, 0.3) is 0 Å². The van der Waals surface area contributed by atoms with Gasteiger partial charge in [0.1, 0.15) is 0 Å². The summed E-state index contributed by atoms with van der Waals surface area (Å²) in [6, 6.07) is 13.2. The Balaban J connectivity index is 1.71. The predicted molar refractivity (Wildman–Crippen MR) is 85.8 cm³/mol. The van der Waals surface area contributed by atoms with E-state index in [-0.39, 0.29) is 6.04 Å². The van der Waals surface area contributed by atoms with Gasteiger partial charge in [-0.3, -0.25) is 4.90 Å². The summed E-state index contributed by atoms with van der Waals surface area (Å²) in [6.07, 6.45) is 1.09. The number of nitrogens with zero attached hydrogens (tertiary/aromatic N) is 3. The fourth-order valence-electron chi connectivity index (χ4n) is 3.14. The second-order valence-electron chi connectivity index (χ2n) is 5.57. The van der Waals surface area contributed by atoms with Crippen molar-refractivity contribution in [1.29, 1.82) is 0 Å². The van der Waals surface area contributed by atoms with Crippen LogP contribution < -0.4 is 0 Å². The minimum Gasteiger partial charge on any atom is -0.338 e. The summed E-state index contributed by atoms with van der Waals surface area (Å²) >= 11 is 1.86. The zero-order valence-electron chi connectivity index (χ0n) is 12.4. The molecule has 0 amide bonds. The van der Waals surface area contributed by atoms with Crippen LogP contribution in [-0.4, -0.2) is 21.6 Å². The van der Waals surface area contributed by atoms with Gasteiger partial charge in [-0.25, -0.2) is 0 Å². The molecule has 3 heterocycles. The quantitative estimate of drug-likeness (QED) is 0.741. The highest BCUT2D eigenvalue weighted by Crippen LogP contribution is 2.38. The Bertz CT molecular complexity index is 765. The molecule has 2 aromatic heterocycles. The van der Waals surface area contributed by atoms with Gasteiger partial charge in [0.15, 0.2) is 5.82 Å². The largest absolute Gasteiger partial charge is 0.338 e. The lowest BCUT2D eigenvalue weighted by Gasteiger charge is -2.35. The van der Waals surface area contributed by atoms with E-state index < -0.39 is 0 Å². The van der Waals surface area contributed by atoms with Crippen LogP contribution in [0.1, 0.15) is 33.8 Å². The summed E-state index contributed by atoms with van der Waals surface area (Å²) in [5.74, 6) is 1.39. The summed E-state index contributed by atoms with van der Waals surface area (Å²) in [6.45, 7) is 3.55. The summed E-state index contributed by atoms with van der Waals surface area (Å²) in [5.41, 5.74) is 2.73. The molecule has 0 fully saturated rings. The standard InChI is InChI=1S/C17H17N3OS/c1-12-18-16(21-19-12)11-20-9-7-15-14(8-10-22-15)17(20)13-5-3-2-4-6-13/h2-6,8,10,17H,7,9,11H2,1H3. The lowest BCUT2D eigenvalue weighted by atomic mass is 9.93. The third-order valence-corrected chi connectivity index (χ3v) is 5.09. The molecule has 22 heavy (non-hydrogen) atoms. The Morgan fingerprint density at radius 1 is 1.27 bits per heavy atom. The number of hydrogen-bond acceptors (Lipinski definition) is 5. The fourth-order valence-corrected chi connectivity index (χ4v) is 4.05. The summed E-state index contributed by atoms with van der Waals surface area (Å²) in [5, 5.41) is 6.10. The number of rotatable bonds is 3. The smallest absolute Gasteiger partial charge is 0.240 e. The van der Waals surface area contributed by atoms with E-state index in [1.807, 2.05) is 18.3 Å². The average molecular weight is 311 g/mol. The maximum atomic E-state index is 5.32. The van der Waals surface area contributed by atoms with Crippen molar-refractivity contribution >= 4 is 11.3 Å². The van der Waals surface area contributed by atoms with Crippen molar-refractivity contribution in [1.82, 2.24) is 15.0 Å². The lowest BCUT2D eigenvalue weighted by molar-refractivity contribution is 0.179. The Kier molecular flexibility index (Phi) is 3.52. The van der Waals surface area contributed by atoms with Gasteiger partial charge in [0.2, 0.25) is 5.89 Å². The monoisotopic (exact) mass is 311 g/mol. The van der Waals surface area contributed by atoms with E-state index in [2.05, 4.69) is 56.8 Å². The van der Waals surface area contributed by atoms with E-state index in [9.17, 15) is 0 Å². The molecule has 1 aliphatic heterocycles. The maximum Gasteiger partial charge on any atom is 0.240 e. The van der Waals surface area contributed by atoms with Gasteiger partial charge in [0.05, 0.1) is 12.6 Å². The van der Waals surface area contributed by atoms with Crippen molar-refractivity contribution in [2.24, 2.45) is 0 Å². The Labute approximate surface area is 133 Å². The van der Waals surface area contributed by atoms with E-state index in [0.717, 1.165) is 13.0 Å². The normalized spacial score (nSPS) is 18.3. The molecular weight excluding hydrogens is 294 g/mol. The van der Waals surface area contributed by atoms with Crippen molar-refractivity contribution in [2.45, 2.75) is 25.9 Å². The molecule has 0 N–H and O–H groups in total. The first-order valence-electron chi connectivity index (χ1n) is 7.46. The Morgan fingerprint density at radius 3 is 2.91 bits per heavy atom. The first-order valence-corrected chi connectivity index (χ1v) is 8.33.